The maximum Gasteiger partial charge on any atom is 0.498 e. The third-order valence-electron chi connectivity index (χ3n) is 3.14. The molecule has 0 saturated heterocycles. The molecule has 0 fully saturated rings. The Morgan fingerprint density at radius 2 is 1.65 bits per heavy atom. The van der Waals surface area contributed by atoms with Crippen LogP contribution in [0.4, 0.5) is 18.9 Å². The lowest BCUT2D eigenvalue weighted by molar-refractivity contribution is -0.115. The molecule has 2 heterocycles. The largest absolute Gasteiger partial charge is 0.498 e. The summed E-state index contributed by atoms with van der Waals surface area (Å²) in [4.78, 5) is -0.451. The van der Waals surface area contributed by atoms with Crippen LogP contribution in [0.3, 0.4) is 0 Å². The second-order valence-electron chi connectivity index (χ2n) is 4.61. The molecule has 5 nitrogen and oxygen atoms in total. The molecule has 0 aliphatic rings. The molecule has 0 N–H and O–H groups in total. The van der Waals surface area contributed by atoms with E-state index in [1.165, 1.54) is 41.0 Å². The van der Waals surface area contributed by atoms with Crippen LogP contribution in [0, 0.1) is 0 Å². The molecule has 0 atom stereocenters. The van der Waals surface area contributed by atoms with Gasteiger partial charge in [0.15, 0.2) is 0 Å². The van der Waals surface area contributed by atoms with Gasteiger partial charge in [0.2, 0.25) is 0 Å². The second kappa shape index (κ2) is 5.27. The van der Waals surface area contributed by atoms with Crippen molar-refractivity contribution in [3.63, 3.8) is 0 Å². The van der Waals surface area contributed by atoms with Crippen LogP contribution >= 0.6 is 0 Å². The summed E-state index contributed by atoms with van der Waals surface area (Å²) >= 11 is 0. The number of benzene rings is 1. The highest BCUT2D eigenvalue weighted by molar-refractivity contribution is 7.92. The average Bonchev–Trinajstić information content (AvgIpc) is 2.90. The van der Waals surface area contributed by atoms with E-state index in [9.17, 15) is 21.6 Å². The van der Waals surface area contributed by atoms with Crippen molar-refractivity contribution >= 4 is 21.2 Å². The predicted octanol–water partition coefficient (Wildman–Crippen LogP) is 3.05. The number of pyridine rings is 1. The van der Waals surface area contributed by atoms with Gasteiger partial charge >= 0.3 is 6.30 Å². The molecule has 3 rings (SSSR count). The molecule has 0 aliphatic heterocycles. The highest BCUT2D eigenvalue weighted by Gasteiger charge is 2.47. The topological polar surface area (TPSA) is 54.7 Å². The van der Waals surface area contributed by atoms with Gasteiger partial charge in [-0.15, -0.1) is 13.2 Å². The van der Waals surface area contributed by atoms with E-state index in [2.05, 4.69) is 5.10 Å². The van der Waals surface area contributed by atoms with Gasteiger partial charge < -0.3 is 0 Å². The Bertz CT molecular complexity index is 937. The number of hydrogen-bond acceptors (Lipinski definition) is 3. The summed E-state index contributed by atoms with van der Waals surface area (Å²) in [6.45, 7) is 0. The van der Waals surface area contributed by atoms with Gasteiger partial charge in [-0.05, 0) is 24.3 Å². The molecule has 1 aromatic carbocycles. The molecule has 9 heteroatoms. The van der Waals surface area contributed by atoms with Crippen molar-refractivity contribution < 1.29 is 21.6 Å². The number of alkyl halides is 3. The zero-order valence-corrected chi connectivity index (χ0v) is 12.3. The molecule has 120 valence electrons. The first kappa shape index (κ1) is 15.3. The summed E-state index contributed by atoms with van der Waals surface area (Å²) in [6, 6.07) is 10.9. The zero-order valence-electron chi connectivity index (χ0n) is 11.5. The molecule has 0 radical (unpaired) electrons. The second-order valence-corrected chi connectivity index (χ2v) is 6.40. The summed E-state index contributed by atoms with van der Waals surface area (Å²) in [5, 5.41) is 3.77. The number of sulfonamides is 1. The minimum Gasteiger partial charge on any atom is -0.239 e. The molecule has 0 amide bonds. The van der Waals surface area contributed by atoms with Gasteiger partial charge in [0.1, 0.15) is 5.69 Å². The van der Waals surface area contributed by atoms with Crippen LogP contribution in [-0.2, 0) is 10.0 Å². The lowest BCUT2D eigenvalue weighted by atomic mass is 10.4. The number of aromatic nitrogens is 2. The van der Waals surface area contributed by atoms with E-state index in [1.807, 2.05) is 0 Å². The minimum absolute atomic E-state index is 0.0318. The summed E-state index contributed by atoms with van der Waals surface area (Å²) in [5.41, 5.74) is -0.522. The number of fused-ring (bicyclic) bond motifs is 1. The van der Waals surface area contributed by atoms with Crippen LogP contribution < -0.4 is 4.31 Å². The van der Waals surface area contributed by atoms with Crippen molar-refractivity contribution in [1.82, 2.24) is 9.61 Å². The molecule has 3 aromatic rings. The monoisotopic (exact) mass is 341 g/mol. The fourth-order valence-corrected chi connectivity index (χ4v) is 3.56. The first-order valence-corrected chi connectivity index (χ1v) is 7.85. The fraction of sp³-hybridized carbons (Fsp3) is 0.0714. The van der Waals surface area contributed by atoms with Crippen LogP contribution in [-0.4, -0.2) is 24.3 Å². The van der Waals surface area contributed by atoms with Gasteiger partial charge in [-0.2, -0.15) is 9.40 Å². The quantitative estimate of drug-likeness (QED) is 0.688. The van der Waals surface area contributed by atoms with Crippen molar-refractivity contribution in [3.05, 3.63) is 60.9 Å². The van der Waals surface area contributed by atoms with Crippen LogP contribution in [0.1, 0.15) is 0 Å². The summed E-state index contributed by atoms with van der Waals surface area (Å²) in [5.74, 6) is 0. The molecule has 0 bridgehead atoms. The van der Waals surface area contributed by atoms with E-state index in [1.54, 1.807) is 6.07 Å². The van der Waals surface area contributed by atoms with Gasteiger partial charge in [-0.25, -0.2) is 12.9 Å². The summed E-state index contributed by atoms with van der Waals surface area (Å²) < 4.78 is 66.1. The Labute approximate surface area is 129 Å². The van der Waals surface area contributed by atoms with E-state index < -0.39 is 31.2 Å². The van der Waals surface area contributed by atoms with Crippen molar-refractivity contribution in [2.45, 2.75) is 11.2 Å². The first-order valence-electron chi connectivity index (χ1n) is 6.41. The van der Waals surface area contributed by atoms with E-state index in [-0.39, 0.29) is 5.52 Å². The predicted molar refractivity (Wildman–Crippen MR) is 77.4 cm³/mol. The minimum atomic E-state index is -5.13. The lowest BCUT2D eigenvalue weighted by Gasteiger charge is -2.25. The lowest BCUT2D eigenvalue weighted by Crippen LogP contribution is -2.42. The Morgan fingerprint density at radius 3 is 2.30 bits per heavy atom. The van der Waals surface area contributed by atoms with Gasteiger partial charge in [0, 0.05) is 6.20 Å². The van der Waals surface area contributed by atoms with E-state index in [0.717, 1.165) is 18.3 Å². The molecule has 2 aromatic heterocycles. The average molecular weight is 341 g/mol. The highest BCUT2D eigenvalue weighted by atomic mass is 32.2. The maximum atomic E-state index is 13.5. The molecular formula is C14H10F3N3O2S. The number of nitrogens with zero attached hydrogens (tertiary/aromatic N) is 3. The normalized spacial score (nSPS) is 12.5. The van der Waals surface area contributed by atoms with E-state index in [4.69, 9.17) is 0 Å². The first-order chi connectivity index (χ1) is 10.8. The van der Waals surface area contributed by atoms with Gasteiger partial charge in [-0.1, -0.05) is 24.3 Å². The molecule has 0 saturated carbocycles. The van der Waals surface area contributed by atoms with Gasteiger partial charge in [0.05, 0.1) is 16.6 Å². The van der Waals surface area contributed by atoms with Crippen molar-refractivity contribution in [1.29, 1.82) is 0 Å². The van der Waals surface area contributed by atoms with Crippen LogP contribution in [0.25, 0.3) is 5.52 Å². The van der Waals surface area contributed by atoms with E-state index in [0.29, 0.717) is 0 Å². The van der Waals surface area contributed by atoms with Crippen LogP contribution in [0.15, 0.2) is 65.8 Å². The summed E-state index contributed by atoms with van der Waals surface area (Å²) in [7, 11) is -4.82. The molecule has 0 aliphatic carbocycles. The van der Waals surface area contributed by atoms with Crippen molar-refractivity contribution in [2.24, 2.45) is 0 Å². The van der Waals surface area contributed by atoms with Crippen molar-refractivity contribution in [3.8, 4) is 0 Å². The smallest absolute Gasteiger partial charge is 0.239 e. The number of rotatable bonds is 3. The Balaban J connectivity index is 2.25. The van der Waals surface area contributed by atoms with E-state index >= 15 is 0 Å². The Morgan fingerprint density at radius 1 is 1.00 bits per heavy atom. The molecule has 0 unspecified atom stereocenters. The Kier molecular flexibility index (Phi) is 3.52. The number of hydrogen-bond donors (Lipinski definition) is 0. The van der Waals surface area contributed by atoms with Gasteiger partial charge in [0.25, 0.3) is 10.0 Å². The van der Waals surface area contributed by atoms with Gasteiger partial charge in [-0.3, -0.25) is 0 Å². The Hall–Kier alpha value is -2.55. The SMILES string of the molecule is O=S(=O)(c1ccccc1)N(c1cnn2ccccc12)C(F)(F)F. The standard InChI is InChI=1S/C14H10F3N3O2S/c15-14(16,17)20(23(21,22)11-6-2-1-3-7-11)13-10-18-19-9-5-4-8-12(13)19/h1-10H. The van der Waals surface area contributed by atoms with Crippen LogP contribution in [0.2, 0.25) is 0 Å². The number of anilines is 1. The summed E-state index contributed by atoms with van der Waals surface area (Å²) in [6.07, 6.45) is -2.82. The highest BCUT2D eigenvalue weighted by Crippen LogP contribution is 2.36. The maximum absolute atomic E-state index is 13.5. The van der Waals surface area contributed by atoms with Crippen molar-refractivity contribution in [2.75, 3.05) is 4.31 Å². The third kappa shape index (κ3) is 2.63. The molecule has 23 heavy (non-hydrogen) atoms. The van der Waals surface area contributed by atoms with Crippen LogP contribution in [0.5, 0.6) is 0 Å². The molecular weight excluding hydrogens is 331 g/mol. The number of halogens is 3. The molecule has 0 spiro atoms. The zero-order chi connectivity index (χ0) is 16.7. The third-order valence-corrected chi connectivity index (χ3v) is 4.89. The fourth-order valence-electron chi connectivity index (χ4n) is 2.18.